The third kappa shape index (κ3) is 2.97. The van der Waals surface area contributed by atoms with Crippen LogP contribution in [0.25, 0.3) is 0 Å². The van der Waals surface area contributed by atoms with Crippen LogP contribution in [0.4, 0.5) is 13.2 Å². The standard InChI is InChI=1S/C14H18F3N3O2/c1-9-6-10(14(15,16)17)19-20(9)8-12(21)18-11-7-13(11)2-4-22-5-3-13/h6,11H,2-5,7-8H2,1H3,(H,18,21). The molecule has 1 aromatic rings. The summed E-state index contributed by atoms with van der Waals surface area (Å²) in [6, 6.07) is 1.06. The van der Waals surface area contributed by atoms with Crippen LogP contribution in [-0.2, 0) is 22.3 Å². The van der Waals surface area contributed by atoms with Crippen LogP contribution in [0.5, 0.6) is 0 Å². The van der Waals surface area contributed by atoms with E-state index in [4.69, 9.17) is 4.74 Å². The van der Waals surface area contributed by atoms with E-state index in [0.717, 1.165) is 30.0 Å². The third-order valence-corrected chi connectivity index (χ3v) is 4.58. The van der Waals surface area contributed by atoms with Crippen LogP contribution in [0.3, 0.4) is 0 Å². The number of carbonyl (C=O) groups is 1. The normalized spacial score (nSPS) is 23.5. The number of hydrogen-bond acceptors (Lipinski definition) is 3. The van der Waals surface area contributed by atoms with E-state index in [2.05, 4.69) is 10.4 Å². The maximum atomic E-state index is 12.6. The predicted molar refractivity (Wildman–Crippen MR) is 71.0 cm³/mol. The van der Waals surface area contributed by atoms with Gasteiger partial charge in [0.15, 0.2) is 5.69 Å². The summed E-state index contributed by atoms with van der Waals surface area (Å²) < 4.78 is 44.2. The van der Waals surface area contributed by atoms with Crippen LogP contribution in [0.2, 0.25) is 0 Å². The van der Waals surface area contributed by atoms with Crippen molar-refractivity contribution in [2.45, 2.75) is 44.9 Å². The van der Waals surface area contributed by atoms with Crippen molar-refractivity contribution in [1.82, 2.24) is 15.1 Å². The van der Waals surface area contributed by atoms with Gasteiger partial charge < -0.3 is 10.1 Å². The molecule has 0 aromatic carbocycles. The molecule has 5 nitrogen and oxygen atoms in total. The summed E-state index contributed by atoms with van der Waals surface area (Å²) in [6.07, 6.45) is -1.71. The van der Waals surface area contributed by atoms with Gasteiger partial charge in [-0.3, -0.25) is 9.48 Å². The lowest BCUT2D eigenvalue weighted by Gasteiger charge is -2.22. The first-order valence-electron chi connectivity index (χ1n) is 7.29. The SMILES string of the molecule is Cc1cc(C(F)(F)F)nn1CC(=O)NC1CC12CCOCC2. The monoisotopic (exact) mass is 317 g/mol. The average molecular weight is 317 g/mol. The topological polar surface area (TPSA) is 56.2 Å². The number of alkyl halides is 3. The Morgan fingerprint density at radius 2 is 2.18 bits per heavy atom. The molecule has 2 heterocycles. The van der Waals surface area contributed by atoms with Gasteiger partial charge in [-0.15, -0.1) is 0 Å². The molecular weight excluding hydrogens is 299 g/mol. The van der Waals surface area contributed by atoms with Crippen LogP contribution in [-0.4, -0.2) is 34.9 Å². The Bertz CT molecular complexity index is 576. The number of amides is 1. The molecule has 1 N–H and O–H groups in total. The molecule has 1 atom stereocenters. The first kappa shape index (κ1) is 15.3. The minimum absolute atomic E-state index is 0.113. The Labute approximate surface area is 125 Å². The Balaban J connectivity index is 1.58. The molecule has 22 heavy (non-hydrogen) atoms. The third-order valence-electron chi connectivity index (χ3n) is 4.58. The molecule has 1 aliphatic carbocycles. The molecule has 1 saturated heterocycles. The van der Waals surface area contributed by atoms with Crippen LogP contribution in [0.15, 0.2) is 6.07 Å². The van der Waals surface area contributed by atoms with Gasteiger partial charge >= 0.3 is 6.18 Å². The summed E-state index contributed by atoms with van der Waals surface area (Å²) >= 11 is 0. The molecule has 1 aromatic heterocycles. The fourth-order valence-corrected chi connectivity index (χ4v) is 3.07. The number of aryl methyl sites for hydroxylation is 1. The zero-order valence-electron chi connectivity index (χ0n) is 12.2. The lowest BCUT2D eigenvalue weighted by atomic mass is 9.96. The molecule has 1 saturated carbocycles. The number of ether oxygens (including phenoxy) is 1. The van der Waals surface area contributed by atoms with Crippen molar-refractivity contribution in [2.75, 3.05) is 13.2 Å². The van der Waals surface area contributed by atoms with Crippen LogP contribution >= 0.6 is 0 Å². The van der Waals surface area contributed by atoms with Crippen molar-refractivity contribution in [3.05, 3.63) is 17.5 Å². The maximum Gasteiger partial charge on any atom is 0.435 e. The first-order valence-corrected chi connectivity index (χ1v) is 7.29. The minimum Gasteiger partial charge on any atom is -0.381 e. The molecule has 1 amide bonds. The fourth-order valence-electron chi connectivity index (χ4n) is 3.07. The zero-order chi connectivity index (χ0) is 16.0. The van der Waals surface area contributed by atoms with Gasteiger partial charge in [0, 0.05) is 24.9 Å². The lowest BCUT2D eigenvalue weighted by Crippen LogP contribution is -2.34. The van der Waals surface area contributed by atoms with Gasteiger partial charge in [-0.1, -0.05) is 0 Å². The number of carbonyl (C=O) groups excluding carboxylic acids is 1. The highest BCUT2D eigenvalue weighted by Crippen LogP contribution is 2.53. The van der Waals surface area contributed by atoms with Gasteiger partial charge in [-0.2, -0.15) is 18.3 Å². The number of rotatable bonds is 3. The molecule has 1 aliphatic heterocycles. The number of aromatic nitrogens is 2. The van der Waals surface area contributed by atoms with E-state index in [-0.39, 0.29) is 23.9 Å². The molecule has 3 rings (SSSR count). The molecule has 2 aliphatic rings. The Hall–Kier alpha value is -1.57. The highest BCUT2D eigenvalue weighted by atomic mass is 19.4. The van der Waals surface area contributed by atoms with Gasteiger partial charge in [-0.05, 0) is 37.7 Å². The van der Waals surface area contributed by atoms with Gasteiger partial charge in [-0.25, -0.2) is 0 Å². The average Bonchev–Trinajstić information content (AvgIpc) is 2.90. The summed E-state index contributed by atoms with van der Waals surface area (Å²) in [5.74, 6) is -0.298. The van der Waals surface area contributed by atoms with E-state index in [1.54, 1.807) is 0 Å². The number of hydrogen-bond donors (Lipinski definition) is 1. The van der Waals surface area contributed by atoms with Gasteiger partial charge in [0.2, 0.25) is 5.91 Å². The zero-order valence-corrected chi connectivity index (χ0v) is 12.2. The van der Waals surface area contributed by atoms with Crippen LogP contribution in [0.1, 0.15) is 30.7 Å². The van der Waals surface area contributed by atoms with Crippen molar-refractivity contribution in [1.29, 1.82) is 0 Å². The summed E-state index contributed by atoms with van der Waals surface area (Å²) in [5.41, 5.74) is -0.506. The van der Waals surface area contributed by atoms with E-state index in [1.807, 2.05) is 0 Å². The van der Waals surface area contributed by atoms with Gasteiger partial charge in [0.1, 0.15) is 6.54 Å². The molecule has 0 bridgehead atoms. The van der Waals surface area contributed by atoms with Gasteiger partial charge in [0.25, 0.3) is 0 Å². The van der Waals surface area contributed by atoms with Crippen LogP contribution < -0.4 is 5.32 Å². The molecule has 2 fully saturated rings. The Morgan fingerprint density at radius 3 is 2.77 bits per heavy atom. The minimum atomic E-state index is -4.49. The second-order valence-corrected chi connectivity index (χ2v) is 6.13. The van der Waals surface area contributed by atoms with Crippen LogP contribution in [0, 0.1) is 12.3 Å². The summed E-state index contributed by atoms with van der Waals surface area (Å²) in [6.45, 7) is 2.73. The summed E-state index contributed by atoms with van der Waals surface area (Å²) in [4.78, 5) is 12.0. The van der Waals surface area contributed by atoms with Crippen molar-refractivity contribution in [2.24, 2.45) is 5.41 Å². The second kappa shape index (κ2) is 5.26. The van der Waals surface area contributed by atoms with Gasteiger partial charge in [0.05, 0.1) is 0 Å². The molecule has 122 valence electrons. The molecule has 1 spiro atoms. The number of nitrogens with one attached hydrogen (secondary N) is 1. The van der Waals surface area contributed by atoms with Crippen molar-refractivity contribution in [3.63, 3.8) is 0 Å². The summed E-state index contributed by atoms with van der Waals surface area (Å²) in [7, 11) is 0. The van der Waals surface area contributed by atoms with E-state index in [1.165, 1.54) is 6.92 Å². The first-order chi connectivity index (χ1) is 10.3. The largest absolute Gasteiger partial charge is 0.435 e. The Kier molecular flexibility index (Phi) is 3.66. The fraction of sp³-hybridized carbons (Fsp3) is 0.714. The molecular formula is C14H18F3N3O2. The molecule has 0 radical (unpaired) electrons. The molecule has 8 heteroatoms. The van der Waals surface area contributed by atoms with Crippen molar-refractivity contribution in [3.8, 4) is 0 Å². The second-order valence-electron chi connectivity index (χ2n) is 6.13. The highest BCUT2D eigenvalue weighted by molar-refractivity contribution is 5.76. The maximum absolute atomic E-state index is 12.6. The van der Waals surface area contributed by atoms with E-state index in [0.29, 0.717) is 18.9 Å². The molecule has 1 unspecified atom stereocenters. The highest BCUT2D eigenvalue weighted by Gasteiger charge is 2.54. The van der Waals surface area contributed by atoms with E-state index < -0.39 is 11.9 Å². The quantitative estimate of drug-likeness (QED) is 0.926. The van der Waals surface area contributed by atoms with Crippen molar-refractivity contribution < 1.29 is 22.7 Å². The number of nitrogens with zero attached hydrogens (tertiary/aromatic N) is 2. The van der Waals surface area contributed by atoms with Crippen molar-refractivity contribution >= 4 is 5.91 Å². The smallest absolute Gasteiger partial charge is 0.381 e. The number of halogens is 3. The van der Waals surface area contributed by atoms with E-state index >= 15 is 0 Å². The summed E-state index contributed by atoms with van der Waals surface area (Å²) in [5, 5.41) is 6.37. The Morgan fingerprint density at radius 1 is 1.50 bits per heavy atom. The lowest BCUT2D eigenvalue weighted by molar-refractivity contribution is -0.141. The predicted octanol–water partition coefficient (Wildman–Crippen LogP) is 1.90. The van der Waals surface area contributed by atoms with E-state index in [9.17, 15) is 18.0 Å².